The zero-order valence-corrected chi connectivity index (χ0v) is 10.2. The van der Waals surface area contributed by atoms with Gasteiger partial charge in [0.25, 0.3) is 5.69 Å². The molecule has 0 unspecified atom stereocenters. The number of para-hydroxylation sites is 1. The van der Waals surface area contributed by atoms with Gasteiger partial charge in [0, 0.05) is 18.4 Å². The first kappa shape index (κ1) is 14.6. The van der Waals surface area contributed by atoms with Gasteiger partial charge >= 0.3 is 0 Å². The van der Waals surface area contributed by atoms with Crippen LogP contribution in [0, 0.1) is 10.1 Å². The fraction of sp³-hybridized carbons (Fsp3) is 0.250. The number of hydrogen-bond donors (Lipinski definition) is 1. The molecule has 84 valence electrons. The molecule has 0 aliphatic rings. The van der Waals surface area contributed by atoms with Crippen molar-refractivity contribution in [1.29, 1.82) is 0 Å². The second-order valence-electron chi connectivity index (χ2n) is 2.42. The SMILES string of the molecule is Cl.NCCSSc1ccccc1[N+](=O)[O-]. The average molecular weight is 267 g/mol. The van der Waals surface area contributed by atoms with Crippen molar-refractivity contribution >= 4 is 39.7 Å². The van der Waals surface area contributed by atoms with Crippen molar-refractivity contribution in [2.24, 2.45) is 5.73 Å². The summed E-state index contributed by atoms with van der Waals surface area (Å²) in [5.74, 6) is 0.788. The highest BCUT2D eigenvalue weighted by atomic mass is 35.5. The van der Waals surface area contributed by atoms with Crippen LogP contribution >= 0.6 is 34.0 Å². The minimum atomic E-state index is -0.370. The second kappa shape index (κ2) is 7.81. The lowest BCUT2D eigenvalue weighted by Gasteiger charge is -2.00. The highest BCUT2D eigenvalue weighted by Gasteiger charge is 2.12. The summed E-state index contributed by atoms with van der Waals surface area (Å²) in [5.41, 5.74) is 5.48. The van der Waals surface area contributed by atoms with E-state index in [1.54, 1.807) is 18.2 Å². The molecule has 0 fully saturated rings. The number of benzene rings is 1. The number of hydrogen-bond acceptors (Lipinski definition) is 5. The van der Waals surface area contributed by atoms with E-state index >= 15 is 0 Å². The van der Waals surface area contributed by atoms with Gasteiger partial charge in [0.1, 0.15) is 0 Å². The van der Waals surface area contributed by atoms with Gasteiger partial charge in [-0.3, -0.25) is 10.1 Å². The standard InChI is InChI=1S/C8H10N2O2S2.ClH/c9-5-6-13-14-8-4-2-1-3-7(8)10(11)12;/h1-4H,5-6,9H2;1H. The zero-order valence-electron chi connectivity index (χ0n) is 7.79. The third-order valence-corrected chi connectivity index (χ3v) is 3.85. The lowest BCUT2D eigenvalue weighted by Crippen LogP contribution is -1.99. The normalized spacial score (nSPS) is 9.40. The largest absolute Gasteiger partial charge is 0.330 e. The van der Waals surface area contributed by atoms with Crippen LogP contribution in [0.1, 0.15) is 0 Å². The molecule has 1 rings (SSSR count). The molecule has 15 heavy (non-hydrogen) atoms. The van der Waals surface area contributed by atoms with E-state index in [0.717, 1.165) is 5.75 Å². The van der Waals surface area contributed by atoms with Gasteiger partial charge in [-0.05, 0) is 6.07 Å². The number of nitro groups is 1. The Balaban J connectivity index is 0.00000196. The smallest absolute Gasteiger partial charge is 0.283 e. The van der Waals surface area contributed by atoms with E-state index in [1.165, 1.54) is 27.7 Å². The first-order valence-corrected chi connectivity index (χ1v) is 6.30. The van der Waals surface area contributed by atoms with E-state index in [1.807, 2.05) is 0 Å². The van der Waals surface area contributed by atoms with Crippen LogP contribution in [0.15, 0.2) is 29.2 Å². The predicted octanol–water partition coefficient (Wildman–Crippen LogP) is 2.72. The van der Waals surface area contributed by atoms with Gasteiger partial charge in [0.2, 0.25) is 0 Å². The van der Waals surface area contributed by atoms with Crippen molar-refractivity contribution < 1.29 is 4.92 Å². The molecule has 2 N–H and O–H groups in total. The molecule has 4 nitrogen and oxygen atoms in total. The van der Waals surface area contributed by atoms with E-state index in [2.05, 4.69) is 0 Å². The Morgan fingerprint density at radius 3 is 2.67 bits per heavy atom. The van der Waals surface area contributed by atoms with Gasteiger partial charge in [-0.15, -0.1) is 12.4 Å². The van der Waals surface area contributed by atoms with Gasteiger partial charge in [-0.25, -0.2) is 0 Å². The maximum Gasteiger partial charge on any atom is 0.283 e. The molecular formula is C8H11ClN2O2S2. The van der Waals surface area contributed by atoms with Crippen LogP contribution in [0.2, 0.25) is 0 Å². The fourth-order valence-corrected chi connectivity index (χ4v) is 2.84. The number of halogens is 1. The molecule has 7 heteroatoms. The van der Waals surface area contributed by atoms with Crippen molar-refractivity contribution in [3.63, 3.8) is 0 Å². The molecule has 0 spiro atoms. The number of nitro benzene ring substituents is 1. The van der Waals surface area contributed by atoms with Crippen LogP contribution in [0.5, 0.6) is 0 Å². The summed E-state index contributed by atoms with van der Waals surface area (Å²) in [4.78, 5) is 10.9. The molecule has 0 heterocycles. The van der Waals surface area contributed by atoms with Crippen LogP contribution < -0.4 is 5.73 Å². The molecule has 0 aliphatic heterocycles. The first-order valence-electron chi connectivity index (χ1n) is 3.98. The predicted molar refractivity (Wildman–Crippen MR) is 67.7 cm³/mol. The van der Waals surface area contributed by atoms with Gasteiger partial charge in [-0.2, -0.15) is 0 Å². The van der Waals surface area contributed by atoms with Crippen molar-refractivity contribution in [2.45, 2.75) is 4.90 Å². The van der Waals surface area contributed by atoms with E-state index in [0.29, 0.717) is 11.4 Å². The number of nitrogens with two attached hydrogens (primary N) is 1. The highest BCUT2D eigenvalue weighted by molar-refractivity contribution is 8.76. The minimum absolute atomic E-state index is 0. The minimum Gasteiger partial charge on any atom is -0.330 e. The van der Waals surface area contributed by atoms with Crippen molar-refractivity contribution in [1.82, 2.24) is 0 Å². The summed E-state index contributed by atoms with van der Waals surface area (Å²) >= 11 is 0. The van der Waals surface area contributed by atoms with Gasteiger partial charge in [0.05, 0.1) is 9.82 Å². The molecule has 0 aliphatic carbocycles. The van der Waals surface area contributed by atoms with E-state index in [9.17, 15) is 10.1 Å². The average Bonchev–Trinajstić information content (AvgIpc) is 2.19. The summed E-state index contributed by atoms with van der Waals surface area (Å²) in [7, 11) is 2.92. The van der Waals surface area contributed by atoms with Crippen molar-refractivity contribution in [3.8, 4) is 0 Å². The summed E-state index contributed by atoms with van der Waals surface area (Å²) in [6.07, 6.45) is 0. The van der Waals surface area contributed by atoms with Gasteiger partial charge < -0.3 is 5.73 Å². The quantitative estimate of drug-likeness (QED) is 0.384. The first-order chi connectivity index (χ1) is 6.75. The lowest BCUT2D eigenvalue weighted by molar-refractivity contribution is -0.387. The van der Waals surface area contributed by atoms with E-state index in [-0.39, 0.29) is 23.0 Å². The Kier molecular flexibility index (Phi) is 7.59. The Morgan fingerprint density at radius 2 is 2.07 bits per heavy atom. The van der Waals surface area contributed by atoms with Crippen LogP contribution in [0.4, 0.5) is 5.69 Å². The molecule has 1 aromatic rings. The number of rotatable bonds is 5. The summed E-state index contributed by atoms with van der Waals surface area (Å²) in [6.45, 7) is 0.582. The molecule has 1 aromatic carbocycles. The third-order valence-electron chi connectivity index (χ3n) is 1.41. The van der Waals surface area contributed by atoms with Gasteiger partial charge in [0.15, 0.2) is 0 Å². The Morgan fingerprint density at radius 1 is 1.40 bits per heavy atom. The maximum absolute atomic E-state index is 10.6. The molecule has 0 amide bonds. The Hall–Kier alpha value is -0.430. The van der Waals surface area contributed by atoms with Crippen LogP contribution in [-0.2, 0) is 0 Å². The second-order valence-corrected chi connectivity index (χ2v) is 4.88. The maximum atomic E-state index is 10.6. The Bertz CT molecular complexity index is 325. The molecular weight excluding hydrogens is 256 g/mol. The van der Waals surface area contributed by atoms with E-state index < -0.39 is 0 Å². The summed E-state index contributed by atoms with van der Waals surface area (Å²) in [5, 5.41) is 10.6. The number of nitrogens with zero attached hydrogens (tertiary/aromatic N) is 1. The molecule has 0 aromatic heterocycles. The molecule has 0 bridgehead atoms. The van der Waals surface area contributed by atoms with Crippen LogP contribution in [0.3, 0.4) is 0 Å². The molecule has 0 atom stereocenters. The lowest BCUT2D eigenvalue weighted by atomic mass is 10.3. The summed E-state index contributed by atoms with van der Waals surface area (Å²) in [6, 6.07) is 6.70. The van der Waals surface area contributed by atoms with Crippen molar-refractivity contribution in [3.05, 3.63) is 34.4 Å². The van der Waals surface area contributed by atoms with E-state index in [4.69, 9.17) is 5.73 Å². The molecule has 0 saturated heterocycles. The zero-order chi connectivity index (χ0) is 10.4. The summed E-state index contributed by atoms with van der Waals surface area (Å²) < 4.78 is 0. The fourth-order valence-electron chi connectivity index (χ4n) is 0.832. The monoisotopic (exact) mass is 266 g/mol. The third kappa shape index (κ3) is 4.74. The molecule has 0 radical (unpaired) electrons. The Labute approximate surface area is 102 Å². The topological polar surface area (TPSA) is 69.2 Å². The van der Waals surface area contributed by atoms with Crippen LogP contribution in [-0.4, -0.2) is 17.2 Å². The van der Waals surface area contributed by atoms with Crippen LogP contribution in [0.25, 0.3) is 0 Å². The van der Waals surface area contributed by atoms with Gasteiger partial charge in [-0.1, -0.05) is 33.7 Å². The molecule has 0 saturated carbocycles. The highest BCUT2D eigenvalue weighted by Crippen LogP contribution is 2.36. The van der Waals surface area contributed by atoms with Crippen molar-refractivity contribution in [2.75, 3.05) is 12.3 Å².